The number of rotatable bonds is 19. The number of esters is 2. The normalized spacial score (nSPS) is 14.2. The minimum atomic E-state index is -0.375. The van der Waals surface area contributed by atoms with E-state index < -0.39 is 0 Å². The average Bonchev–Trinajstić information content (AvgIpc) is 1.64. The molecule has 10 nitrogen and oxygen atoms in total. The number of ether oxygens (including phenoxy) is 2. The lowest BCUT2D eigenvalue weighted by atomic mass is 9.86. The number of nitrogens with zero attached hydrogens (tertiary/aromatic N) is 3. The summed E-state index contributed by atoms with van der Waals surface area (Å²) in [7, 11) is 1.37. The van der Waals surface area contributed by atoms with E-state index in [9.17, 15) is 24.0 Å². The second kappa shape index (κ2) is 32.1. The topological polar surface area (TPSA) is 114 Å². The number of halogens is 1. The molecule has 3 amide bonds. The SMILES string of the molecule is CCCC(=O)N(CCC1=CCc2ccccc21)Cc1ccc(C(C)(C)C)cc1.CCOC(=O)c1ccc(CC(=O)N(CCC2=CCc3ccccc32)Cc2ccc(C(C)(C)C)cc2)cc1.COC(=O)c1ccc(C2C3=C(CCN2C(=O)c2cccc(Cl)c2)c2ccccc2C3)cc1. The Balaban J connectivity index is 0.000000160. The first-order valence-corrected chi connectivity index (χ1v) is 34.7. The van der Waals surface area contributed by atoms with E-state index in [0.717, 1.165) is 68.2 Å². The first-order valence-electron chi connectivity index (χ1n) is 34.3. The maximum atomic E-state index is 13.6. The van der Waals surface area contributed by atoms with Crippen LogP contribution in [0.3, 0.4) is 0 Å². The van der Waals surface area contributed by atoms with Gasteiger partial charge >= 0.3 is 11.9 Å². The molecule has 3 aliphatic carbocycles. The summed E-state index contributed by atoms with van der Waals surface area (Å²) in [5.41, 5.74) is 21.9. The highest BCUT2D eigenvalue weighted by molar-refractivity contribution is 6.31. The molecular formula is C86H92ClN3O7. The van der Waals surface area contributed by atoms with E-state index in [0.29, 0.717) is 67.3 Å². The van der Waals surface area contributed by atoms with Crippen molar-refractivity contribution in [3.63, 3.8) is 0 Å². The fraction of sp³-hybridized carbons (Fsp3) is 0.314. The summed E-state index contributed by atoms with van der Waals surface area (Å²) in [4.78, 5) is 69.7. The van der Waals surface area contributed by atoms with Crippen LogP contribution < -0.4 is 0 Å². The third kappa shape index (κ3) is 17.8. The summed E-state index contributed by atoms with van der Waals surface area (Å²) < 4.78 is 9.91. The minimum absolute atomic E-state index is 0.0444. The largest absolute Gasteiger partial charge is 0.465 e. The molecule has 0 saturated heterocycles. The van der Waals surface area contributed by atoms with Crippen LogP contribution in [0.2, 0.25) is 5.02 Å². The van der Waals surface area contributed by atoms with E-state index in [4.69, 9.17) is 21.1 Å². The highest BCUT2D eigenvalue weighted by Gasteiger charge is 2.38. The number of benzene rings is 8. The second-order valence-corrected chi connectivity index (χ2v) is 28.1. The molecule has 1 heterocycles. The molecule has 4 aliphatic rings. The van der Waals surface area contributed by atoms with Crippen molar-refractivity contribution in [2.75, 3.05) is 33.4 Å². The lowest BCUT2D eigenvalue weighted by Gasteiger charge is -2.38. The van der Waals surface area contributed by atoms with Crippen molar-refractivity contribution in [1.29, 1.82) is 0 Å². The first-order chi connectivity index (χ1) is 46.7. The van der Waals surface area contributed by atoms with Crippen LogP contribution in [-0.2, 0) is 68.7 Å². The molecule has 0 spiro atoms. The van der Waals surface area contributed by atoms with Gasteiger partial charge < -0.3 is 24.2 Å². The molecule has 11 heteroatoms. The third-order valence-corrected chi connectivity index (χ3v) is 19.1. The standard InChI is InChI=1S/C33H37NO3.C27H22ClNO3.C26H33NO/c1-5-37-32(36)28-14-10-24(11-15-28)22-31(35)34(23-25-12-18-29(19-13-25)33(2,3)4)21-20-27-17-16-26-8-6-7-9-30(26)27;1-32-27(31)18-11-9-17(10-12-18)25-24-16-19-5-2-3-8-22(19)23(24)13-14-29(25)26(30)20-6-4-7-21(28)15-20;1-5-8-25(28)27(19-20-11-15-23(16-12-20)26(2,3)4)18-17-22-14-13-21-9-6-7-10-24(21)22/h6-15,17-19H,5,16,20-23H2,1-4H3;2-12,15,25H,13-14,16H2,1H3;6-7,9-12,14-16H,5,8,13,17-19H2,1-4H3. The lowest BCUT2D eigenvalue weighted by molar-refractivity contribution is -0.132. The van der Waals surface area contributed by atoms with Crippen molar-refractivity contribution in [3.05, 3.63) is 300 Å². The molecule has 1 aliphatic heterocycles. The number of amides is 3. The van der Waals surface area contributed by atoms with Crippen molar-refractivity contribution in [1.82, 2.24) is 14.7 Å². The number of carbonyl (C=O) groups excluding carboxylic acids is 5. The Hall–Kier alpha value is -9.38. The maximum Gasteiger partial charge on any atom is 0.338 e. The Kier molecular flexibility index (Phi) is 23.3. The van der Waals surface area contributed by atoms with Crippen LogP contribution in [0.25, 0.3) is 16.7 Å². The summed E-state index contributed by atoms with van der Waals surface area (Å²) in [6.45, 7) is 20.8. The van der Waals surface area contributed by atoms with E-state index in [-0.39, 0.29) is 46.5 Å². The van der Waals surface area contributed by atoms with E-state index in [2.05, 4.69) is 182 Å². The van der Waals surface area contributed by atoms with Gasteiger partial charge in [0.05, 0.1) is 37.3 Å². The Morgan fingerprint density at radius 2 is 1.03 bits per heavy atom. The van der Waals surface area contributed by atoms with E-state index >= 15 is 0 Å². The van der Waals surface area contributed by atoms with Gasteiger partial charge in [-0.15, -0.1) is 0 Å². The van der Waals surface area contributed by atoms with Crippen molar-refractivity contribution in [2.24, 2.45) is 0 Å². The number of fused-ring (bicyclic) bond motifs is 4. The monoisotopic (exact) mass is 1310 g/mol. The average molecular weight is 1320 g/mol. The third-order valence-electron chi connectivity index (χ3n) is 18.9. The molecule has 8 aromatic carbocycles. The molecule has 0 bridgehead atoms. The molecule has 0 aromatic heterocycles. The van der Waals surface area contributed by atoms with Gasteiger partial charge in [-0.2, -0.15) is 0 Å². The van der Waals surface area contributed by atoms with Gasteiger partial charge in [0.15, 0.2) is 0 Å². The van der Waals surface area contributed by atoms with Crippen molar-refractivity contribution < 1.29 is 33.4 Å². The minimum Gasteiger partial charge on any atom is -0.465 e. The molecule has 0 radical (unpaired) electrons. The van der Waals surface area contributed by atoms with Gasteiger partial charge in [-0.3, -0.25) is 14.4 Å². The summed E-state index contributed by atoms with van der Waals surface area (Å²) in [6, 6.07) is 64.4. The molecule has 0 fully saturated rings. The van der Waals surface area contributed by atoms with Crippen LogP contribution in [0.4, 0.5) is 0 Å². The fourth-order valence-corrected chi connectivity index (χ4v) is 13.6. The van der Waals surface area contributed by atoms with Gasteiger partial charge in [0.1, 0.15) is 0 Å². The molecular weight excluding hydrogens is 1220 g/mol. The molecule has 8 aromatic rings. The van der Waals surface area contributed by atoms with Crippen LogP contribution in [0.5, 0.6) is 0 Å². The highest BCUT2D eigenvalue weighted by Crippen LogP contribution is 2.47. The zero-order valence-corrected chi connectivity index (χ0v) is 58.6. The molecule has 1 atom stereocenters. The summed E-state index contributed by atoms with van der Waals surface area (Å²) in [6.07, 6.45) is 11.8. The lowest BCUT2D eigenvalue weighted by Crippen LogP contribution is -2.39. The molecule has 1 unspecified atom stereocenters. The fourth-order valence-electron chi connectivity index (χ4n) is 13.4. The number of carbonyl (C=O) groups is 5. The predicted molar refractivity (Wildman–Crippen MR) is 392 cm³/mol. The Morgan fingerprint density at radius 1 is 0.536 bits per heavy atom. The second-order valence-electron chi connectivity index (χ2n) is 27.7. The summed E-state index contributed by atoms with van der Waals surface area (Å²) in [5.74, 6) is -0.423. The maximum absolute atomic E-state index is 13.6. The number of hydrogen-bond acceptors (Lipinski definition) is 7. The van der Waals surface area contributed by atoms with Crippen molar-refractivity contribution in [3.8, 4) is 0 Å². The van der Waals surface area contributed by atoms with Gasteiger partial charge in [0.25, 0.3) is 5.91 Å². The molecule has 0 N–H and O–H groups in total. The Bertz CT molecular complexity index is 4210. The van der Waals surface area contributed by atoms with Crippen LogP contribution in [0.15, 0.2) is 212 Å². The molecule has 0 saturated carbocycles. The van der Waals surface area contributed by atoms with Crippen LogP contribution >= 0.6 is 11.6 Å². The van der Waals surface area contributed by atoms with Crippen LogP contribution in [0, 0.1) is 0 Å². The zero-order valence-electron chi connectivity index (χ0n) is 57.9. The molecule has 12 rings (SSSR count). The van der Waals surface area contributed by atoms with E-state index in [1.807, 2.05) is 39.0 Å². The van der Waals surface area contributed by atoms with Crippen LogP contribution in [-0.4, -0.2) is 77.7 Å². The zero-order chi connectivity index (χ0) is 68.8. The molecule has 500 valence electrons. The van der Waals surface area contributed by atoms with Gasteiger partial charge in [0.2, 0.25) is 11.8 Å². The van der Waals surface area contributed by atoms with Gasteiger partial charge in [-0.25, -0.2) is 9.59 Å². The number of allylic oxidation sites excluding steroid dienone is 2. The highest BCUT2D eigenvalue weighted by atomic mass is 35.5. The van der Waals surface area contributed by atoms with Gasteiger partial charge in [0, 0.05) is 49.7 Å². The first kappa shape index (κ1) is 70.4. The van der Waals surface area contributed by atoms with Crippen molar-refractivity contribution >= 4 is 58.0 Å². The quantitative estimate of drug-likeness (QED) is 0.0741. The number of hydrogen-bond donors (Lipinski definition) is 0. The predicted octanol–water partition coefficient (Wildman–Crippen LogP) is 18.6. The Morgan fingerprint density at radius 3 is 1.55 bits per heavy atom. The van der Waals surface area contributed by atoms with Gasteiger partial charge in [-0.1, -0.05) is 224 Å². The van der Waals surface area contributed by atoms with Crippen molar-refractivity contribution in [2.45, 2.75) is 143 Å². The summed E-state index contributed by atoms with van der Waals surface area (Å²) >= 11 is 6.17. The Labute approximate surface area is 579 Å². The van der Waals surface area contributed by atoms with Gasteiger partial charge in [-0.05, 0) is 194 Å². The van der Waals surface area contributed by atoms with Crippen LogP contribution in [0.1, 0.15) is 191 Å². The smallest absolute Gasteiger partial charge is 0.338 e. The molecule has 97 heavy (non-hydrogen) atoms. The van der Waals surface area contributed by atoms with E-state index in [1.54, 1.807) is 55.5 Å². The summed E-state index contributed by atoms with van der Waals surface area (Å²) in [5, 5.41) is 0.542. The van der Waals surface area contributed by atoms with E-state index in [1.165, 1.54) is 79.5 Å². The number of methoxy groups -OCH3 is 1.